The number of rotatable bonds is 3. The molecule has 116 valence electrons. The van der Waals surface area contributed by atoms with E-state index in [1.807, 2.05) is 24.6 Å². The predicted octanol–water partition coefficient (Wildman–Crippen LogP) is 4.17. The van der Waals surface area contributed by atoms with E-state index < -0.39 is 0 Å². The van der Waals surface area contributed by atoms with Gasteiger partial charge in [0.1, 0.15) is 15.9 Å². The number of nitrogens with zero attached hydrogens (tertiary/aromatic N) is 5. The third-order valence-electron chi connectivity index (χ3n) is 3.58. The molecule has 7 heteroatoms. The van der Waals surface area contributed by atoms with Gasteiger partial charge in [-0.15, -0.1) is 21.5 Å². The predicted molar refractivity (Wildman–Crippen MR) is 96.5 cm³/mol. The molecule has 0 aromatic carbocycles. The lowest BCUT2D eigenvalue weighted by Crippen LogP contribution is -1.91. The van der Waals surface area contributed by atoms with Crippen LogP contribution in [0.1, 0.15) is 18.2 Å². The van der Waals surface area contributed by atoms with Crippen molar-refractivity contribution in [1.29, 1.82) is 0 Å². The molecular weight excluding hydrogens is 326 g/mol. The minimum absolute atomic E-state index is 0.825. The number of hydrogen-bond acceptors (Lipinski definition) is 6. The number of aryl methyl sites for hydroxylation is 2. The highest BCUT2D eigenvalue weighted by Crippen LogP contribution is 2.36. The van der Waals surface area contributed by atoms with Crippen molar-refractivity contribution < 1.29 is 0 Å². The van der Waals surface area contributed by atoms with Crippen LogP contribution in [0.3, 0.4) is 0 Å². The summed E-state index contributed by atoms with van der Waals surface area (Å²) in [5.41, 5.74) is 5.15. The van der Waals surface area contributed by atoms with E-state index in [1.165, 1.54) is 5.56 Å². The number of hydrogen-bond donors (Lipinski definition) is 0. The molecular formula is C16H15N5S2. The minimum Gasteiger partial charge on any atom is -0.259 e. The Balaban J connectivity index is 1.98. The number of pyridine rings is 1. The second kappa shape index (κ2) is 5.28. The van der Waals surface area contributed by atoms with Gasteiger partial charge < -0.3 is 0 Å². The molecule has 0 fully saturated rings. The lowest BCUT2D eigenvalue weighted by Gasteiger charge is -2.00. The molecule has 0 atom stereocenters. The van der Waals surface area contributed by atoms with Crippen LogP contribution in [0.15, 0.2) is 29.7 Å². The van der Waals surface area contributed by atoms with E-state index in [2.05, 4.69) is 39.7 Å². The fourth-order valence-electron chi connectivity index (χ4n) is 2.64. The van der Waals surface area contributed by atoms with Crippen LogP contribution in [-0.2, 0) is 0 Å². The number of thiophene rings is 1. The Labute approximate surface area is 141 Å². The van der Waals surface area contributed by atoms with E-state index in [1.54, 1.807) is 23.1 Å². The van der Waals surface area contributed by atoms with Crippen molar-refractivity contribution in [3.63, 3.8) is 0 Å². The lowest BCUT2D eigenvalue weighted by atomic mass is 10.1. The summed E-state index contributed by atoms with van der Waals surface area (Å²) < 4.78 is 2.99. The van der Waals surface area contributed by atoms with Gasteiger partial charge in [0.2, 0.25) is 0 Å². The first-order valence-electron chi connectivity index (χ1n) is 7.22. The van der Waals surface area contributed by atoms with Crippen LogP contribution < -0.4 is 0 Å². The van der Waals surface area contributed by atoms with Crippen LogP contribution in [0.25, 0.3) is 26.1 Å². The number of thioether (sulfide) groups is 1. The van der Waals surface area contributed by atoms with Crippen molar-refractivity contribution in [2.45, 2.75) is 25.9 Å². The van der Waals surface area contributed by atoms with Crippen LogP contribution in [-0.4, -0.2) is 30.3 Å². The van der Waals surface area contributed by atoms with Crippen LogP contribution >= 0.6 is 23.1 Å². The van der Waals surface area contributed by atoms with E-state index in [9.17, 15) is 0 Å². The van der Waals surface area contributed by atoms with Crippen molar-refractivity contribution in [2.75, 3.05) is 5.75 Å². The minimum atomic E-state index is 0.825. The van der Waals surface area contributed by atoms with Gasteiger partial charge in [0.25, 0.3) is 0 Å². The summed E-state index contributed by atoms with van der Waals surface area (Å²) in [4.78, 5) is 10.3. The summed E-state index contributed by atoms with van der Waals surface area (Å²) in [7, 11) is 0. The third kappa shape index (κ3) is 2.31. The number of fused-ring (bicyclic) bond motifs is 5. The first kappa shape index (κ1) is 14.6. The van der Waals surface area contributed by atoms with Gasteiger partial charge in [-0.05, 0) is 32.4 Å². The summed E-state index contributed by atoms with van der Waals surface area (Å²) in [5.74, 6) is 0.825. The van der Waals surface area contributed by atoms with Gasteiger partial charge in [-0.1, -0.05) is 23.9 Å². The quantitative estimate of drug-likeness (QED) is 0.413. The maximum absolute atomic E-state index is 4.67. The zero-order valence-corrected chi connectivity index (χ0v) is 14.8. The highest BCUT2D eigenvalue weighted by Gasteiger charge is 2.16. The highest BCUT2D eigenvalue weighted by atomic mass is 32.2. The van der Waals surface area contributed by atoms with E-state index in [4.69, 9.17) is 0 Å². The summed E-state index contributed by atoms with van der Waals surface area (Å²) in [6, 6.07) is 2.10. The van der Waals surface area contributed by atoms with E-state index >= 15 is 0 Å². The Hall–Kier alpha value is -1.99. The van der Waals surface area contributed by atoms with Crippen molar-refractivity contribution in [3.05, 3.63) is 35.8 Å². The molecule has 0 radical (unpaired) electrons. The Morgan fingerprint density at radius 1 is 1.35 bits per heavy atom. The maximum atomic E-state index is 4.67. The van der Waals surface area contributed by atoms with Crippen molar-refractivity contribution >= 4 is 49.2 Å². The van der Waals surface area contributed by atoms with Gasteiger partial charge in [-0.3, -0.25) is 4.40 Å². The Morgan fingerprint density at radius 3 is 2.96 bits per heavy atom. The van der Waals surface area contributed by atoms with Crippen LogP contribution in [0.4, 0.5) is 0 Å². The van der Waals surface area contributed by atoms with Gasteiger partial charge in [0.15, 0.2) is 10.8 Å². The molecule has 0 bridgehead atoms. The standard InChI is InChI=1S/C16H15N5S2/c1-8(2)6-22-16-20-19-14-13-12(17-7-21(14)16)11-9(3)5-10(4)18-15(11)23-13/h5,7H,1,6H2,2-4H3. The Morgan fingerprint density at radius 2 is 2.17 bits per heavy atom. The van der Waals surface area contributed by atoms with E-state index in [0.29, 0.717) is 0 Å². The van der Waals surface area contributed by atoms with Crippen molar-refractivity contribution in [3.8, 4) is 0 Å². The number of aromatic nitrogens is 5. The van der Waals surface area contributed by atoms with Gasteiger partial charge >= 0.3 is 0 Å². The van der Waals surface area contributed by atoms with E-state index in [0.717, 1.165) is 48.3 Å². The molecule has 5 nitrogen and oxygen atoms in total. The first-order valence-corrected chi connectivity index (χ1v) is 9.02. The zero-order valence-electron chi connectivity index (χ0n) is 13.1. The van der Waals surface area contributed by atoms with E-state index in [-0.39, 0.29) is 0 Å². The molecule has 0 spiro atoms. The second-order valence-corrected chi connectivity index (χ2v) is 7.65. The molecule has 4 rings (SSSR count). The molecule has 4 aromatic rings. The Bertz CT molecular complexity index is 1080. The monoisotopic (exact) mass is 341 g/mol. The molecule has 0 N–H and O–H groups in total. The molecule has 0 aliphatic rings. The molecule has 0 saturated heterocycles. The largest absolute Gasteiger partial charge is 0.259 e. The molecule has 0 amide bonds. The van der Waals surface area contributed by atoms with Gasteiger partial charge in [0, 0.05) is 16.8 Å². The first-order chi connectivity index (χ1) is 11.0. The third-order valence-corrected chi connectivity index (χ3v) is 5.82. The second-order valence-electron chi connectivity index (χ2n) is 5.71. The molecule has 0 aliphatic carbocycles. The van der Waals surface area contributed by atoms with Crippen LogP contribution in [0.2, 0.25) is 0 Å². The topological polar surface area (TPSA) is 56.0 Å². The summed E-state index contributed by atoms with van der Waals surface area (Å²) in [6.45, 7) is 10.1. The molecule has 0 aliphatic heterocycles. The summed E-state index contributed by atoms with van der Waals surface area (Å²) in [5, 5.41) is 10.7. The molecule has 4 aromatic heterocycles. The molecule has 23 heavy (non-hydrogen) atoms. The van der Waals surface area contributed by atoms with Crippen molar-refractivity contribution in [2.24, 2.45) is 0 Å². The maximum Gasteiger partial charge on any atom is 0.197 e. The molecule has 0 saturated carbocycles. The SMILES string of the molecule is C=C(C)CSc1nnc2c3sc4nc(C)cc(C)c4c3ncn12. The normalized spacial score (nSPS) is 11.8. The average molecular weight is 341 g/mol. The smallest absolute Gasteiger partial charge is 0.197 e. The Kier molecular flexibility index (Phi) is 3.35. The molecule has 0 unspecified atom stereocenters. The van der Waals surface area contributed by atoms with Crippen molar-refractivity contribution in [1.82, 2.24) is 24.6 Å². The fraction of sp³-hybridized carbons (Fsp3) is 0.250. The fourth-order valence-corrected chi connectivity index (χ4v) is 4.61. The lowest BCUT2D eigenvalue weighted by molar-refractivity contribution is 0.908. The van der Waals surface area contributed by atoms with Crippen LogP contribution in [0.5, 0.6) is 0 Å². The van der Waals surface area contributed by atoms with Gasteiger partial charge in [-0.2, -0.15) is 0 Å². The average Bonchev–Trinajstić information content (AvgIpc) is 3.04. The van der Waals surface area contributed by atoms with Gasteiger partial charge in [0.05, 0.1) is 5.52 Å². The van der Waals surface area contributed by atoms with Crippen LogP contribution in [0, 0.1) is 13.8 Å². The zero-order chi connectivity index (χ0) is 16.1. The molecule has 4 heterocycles. The van der Waals surface area contributed by atoms with Gasteiger partial charge in [-0.25, -0.2) is 9.97 Å². The highest BCUT2D eigenvalue weighted by molar-refractivity contribution is 7.99. The summed E-state index contributed by atoms with van der Waals surface area (Å²) in [6.07, 6.45) is 1.81. The summed E-state index contributed by atoms with van der Waals surface area (Å²) >= 11 is 3.26.